The van der Waals surface area contributed by atoms with E-state index in [0.717, 1.165) is 39.8 Å². The summed E-state index contributed by atoms with van der Waals surface area (Å²) in [6, 6.07) is 7.71. The third kappa shape index (κ3) is 5.67. The summed E-state index contributed by atoms with van der Waals surface area (Å²) in [5.74, 6) is -0.0224. The molecule has 4 heteroatoms. The number of carbonyl (C=O) groups is 2. The molecule has 0 fully saturated rings. The molecular formula is C28H39O3P. The molecule has 0 amide bonds. The quantitative estimate of drug-likeness (QED) is 0.399. The fraction of sp³-hybridized carbons (Fsp3) is 0.500. The fourth-order valence-electron chi connectivity index (χ4n) is 5.20. The Morgan fingerprint density at radius 3 is 1.34 bits per heavy atom. The van der Waals surface area contributed by atoms with Crippen LogP contribution in [0, 0.1) is 52.9 Å². The monoisotopic (exact) mass is 454 g/mol. The summed E-state index contributed by atoms with van der Waals surface area (Å²) in [7, 11) is -3.90. The largest absolute Gasteiger partial charge is 0.307 e. The smallest absolute Gasteiger partial charge is 0.229 e. The molecule has 0 saturated heterocycles. The summed E-state index contributed by atoms with van der Waals surface area (Å²) < 4.78 is 14.6. The molecule has 0 spiro atoms. The van der Waals surface area contributed by atoms with E-state index in [2.05, 4.69) is 20.8 Å². The highest BCUT2D eigenvalue weighted by Crippen LogP contribution is 2.55. The van der Waals surface area contributed by atoms with E-state index >= 15 is 0 Å². The molecule has 174 valence electrons. The SMILES string of the molecule is Cc1cc(C)c(C(=O)P(=O)(CC(C)CC(C)(C)C)C(=O)c2c(C)cc(C)cc2C)c(C)c1. The number of hydrogen-bond donors (Lipinski definition) is 0. The molecule has 0 bridgehead atoms. The first-order valence-electron chi connectivity index (χ1n) is 11.4. The summed E-state index contributed by atoms with van der Waals surface area (Å²) in [5.41, 5.74) is 5.13. The van der Waals surface area contributed by atoms with Crippen LogP contribution in [0.5, 0.6) is 0 Å². The van der Waals surface area contributed by atoms with Gasteiger partial charge < -0.3 is 4.57 Å². The molecule has 0 radical (unpaired) electrons. The van der Waals surface area contributed by atoms with Gasteiger partial charge in [0.15, 0.2) is 0 Å². The van der Waals surface area contributed by atoms with E-state index in [9.17, 15) is 14.2 Å². The van der Waals surface area contributed by atoms with Gasteiger partial charge in [0.25, 0.3) is 0 Å². The molecule has 2 aromatic rings. The van der Waals surface area contributed by atoms with Crippen molar-refractivity contribution >= 4 is 18.2 Å². The van der Waals surface area contributed by atoms with E-state index in [1.54, 1.807) is 0 Å². The van der Waals surface area contributed by atoms with Gasteiger partial charge in [-0.25, -0.2) is 0 Å². The summed E-state index contributed by atoms with van der Waals surface area (Å²) in [6.07, 6.45) is 0.886. The van der Waals surface area contributed by atoms with Gasteiger partial charge in [0.1, 0.15) is 0 Å². The molecule has 1 unspecified atom stereocenters. The first-order chi connectivity index (χ1) is 14.6. The van der Waals surface area contributed by atoms with E-state index in [0.29, 0.717) is 11.1 Å². The molecular weight excluding hydrogens is 415 g/mol. The van der Waals surface area contributed by atoms with Crippen molar-refractivity contribution in [3.63, 3.8) is 0 Å². The van der Waals surface area contributed by atoms with E-state index in [1.807, 2.05) is 72.7 Å². The number of carbonyl (C=O) groups excluding carboxylic acids is 2. The Morgan fingerprint density at radius 2 is 1.06 bits per heavy atom. The summed E-state index contributed by atoms with van der Waals surface area (Å²) in [5, 5.41) is 0. The van der Waals surface area contributed by atoms with Crippen LogP contribution in [0.2, 0.25) is 0 Å². The third-order valence-electron chi connectivity index (χ3n) is 5.97. The third-order valence-corrected chi connectivity index (χ3v) is 8.86. The Morgan fingerprint density at radius 1 is 0.750 bits per heavy atom. The first-order valence-corrected chi connectivity index (χ1v) is 13.3. The summed E-state index contributed by atoms with van der Waals surface area (Å²) in [4.78, 5) is 27.9. The highest BCUT2D eigenvalue weighted by Gasteiger charge is 2.44. The van der Waals surface area contributed by atoms with Gasteiger partial charge in [0.05, 0.1) is 0 Å². The fourth-order valence-corrected chi connectivity index (χ4v) is 8.15. The summed E-state index contributed by atoms with van der Waals surface area (Å²) >= 11 is 0. The molecule has 0 aliphatic rings. The molecule has 0 saturated carbocycles. The van der Waals surface area contributed by atoms with Crippen LogP contribution < -0.4 is 0 Å². The maximum absolute atomic E-state index is 14.6. The standard InChI is InChI=1S/C28H39O3P/c1-17-11-20(4)24(21(5)12-17)26(29)32(31,16-19(3)15-28(8,9)10)27(30)25-22(6)13-18(2)14-23(25)7/h11-14,19H,15-16H2,1-10H3. The zero-order valence-corrected chi connectivity index (χ0v) is 22.4. The highest BCUT2D eigenvalue weighted by molar-refractivity contribution is 7.95. The van der Waals surface area contributed by atoms with Gasteiger partial charge in [-0.15, -0.1) is 0 Å². The minimum atomic E-state index is -3.90. The molecule has 32 heavy (non-hydrogen) atoms. The molecule has 0 aliphatic heterocycles. The van der Waals surface area contributed by atoms with Gasteiger partial charge in [-0.3, -0.25) is 9.59 Å². The zero-order chi connectivity index (χ0) is 24.6. The van der Waals surface area contributed by atoms with Crippen LogP contribution in [0.1, 0.15) is 88.2 Å². The van der Waals surface area contributed by atoms with Gasteiger partial charge in [0.2, 0.25) is 18.2 Å². The molecule has 0 aliphatic carbocycles. The van der Waals surface area contributed by atoms with Crippen LogP contribution in [0.3, 0.4) is 0 Å². The van der Waals surface area contributed by atoms with Crippen molar-refractivity contribution in [2.45, 2.75) is 75.7 Å². The molecule has 2 rings (SSSR count). The maximum Gasteiger partial charge on any atom is 0.229 e. The van der Waals surface area contributed by atoms with Crippen LogP contribution in [-0.2, 0) is 4.57 Å². The molecule has 1 atom stereocenters. The van der Waals surface area contributed by atoms with Crippen molar-refractivity contribution in [2.75, 3.05) is 6.16 Å². The highest BCUT2D eigenvalue weighted by atomic mass is 31.2. The van der Waals surface area contributed by atoms with Crippen molar-refractivity contribution in [1.82, 2.24) is 0 Å². The predicted molar refractivity (Wildman–Crippen MR) is 136 cm³/mol. The number of hydrogen-bond acceptors (Lipinski definition) is 3. The summed E-state index contributed by atoms with van der Waals surface area (Å²) in [6.45, 7) is 19.8. The Hall–Kier alpha value is -1.99. The average molecular weight is 455 g/mol. The lowest BCUT2D eigenvalue weighted by molar-refractivity contribution is 0.103. The van der Waals surface area contributed by atoms with Crippen molar-refractivity contribution in [1.29, 1.82) is 0 Å². The lowest BCUT2D eigenvalue weighted by Crippen LogP contribution is -2.22. The molecule has 0 N–H and O–H groups in total. The minimum absolute atomic E-state index is 0.0156. The normalized spacial score (nSPS) is 13.2. The second kappa shape index (κ2) is 9.48. The Labute approximate surface area is 194 Å². The predicted octanol–water partition coefficient (Wildman–Crippen LogP) is 7.95. The van der Waals surface area contributed by atoms with Crippen molar-refractivity contribution in [3.8, 4) is 0 Å². The van der Waals surface area contributed by atoms with Crippen molar-refractivity contribution in [3.05, 3.63) is 68.8 Å². The maximum atomic E-state index is 14.6. The first kappa shape index (κ1) is 26.3. The second-order valence-corrected chi connectivity index (χ2v) is 13.6. The van der Waals surface area contributed by atoms with Crippen LogP contribution in [-0.4, -0.2) is 17.2 Å². The topological polar surface area (TPSA) is 51.2 Å². The van der Waals surface area contributed by atoms with Gasteiger partial charge >= 0.3 is 0 Å². The van der Waals surface area contributed by atoms with Gasteiger partial charge in [0, 0.05) is 17.3 Å². The van der Waals surface area contributed by atoms with E-state index in [4.69, 9.17) is 0 Å². The second-order valence-electron chi connectivity index (χ2n) is 10.9. The van der Waals surface area contributed by atoms with Crippen molar-refractivity contribution in [2.24, 2.45) is 11.3 Å². The van der Waals surface area contributed by atoms with E-state index in [1.165, 1.54) is 0 Å². The van der Waals surface area contributed by atoms with Gasteiger partial charge in [-0.1, -0.05) is 63.1 Å². The van der Waals surface area contributed by atoms with Crippen molar-refractivity contribution < 1.29 is 14.2 Å². The number of benzene rings is 2. The van der Waals surface area contributed by atoms with Crippen LogP contribution >= 0.6 is 7.14 Å². The van der Waals surface area contributed by atoms with Crippen LogP contribution in [0.4, 0.5) is 0 Å². The Bertz CT molecular complexity index is 983. The molecule has 0 aromatic heterocycles. The Balaban J connectivity index is 2.70. The minimum Gasteiger partial charge on any atom is -0.307 e. The molecule has 2 aromatic carbocycles. The van der Waals surface area contributed by atoms with Gasteiger partial charge in [-0.05, 0) is 81.5 Å². The van der Waals surface area contributed by atoms with E-state index < -0.39 is 18.2 Å². The Kier molecular flexibility index (Phi) is 7.78. The van der Waals surface area contributed by atoms with Crippen LogP contribution in [0.25, 0.3) is 0 Å². The lowest BCUT2D eigenvalue weighted by Gasteiger charge is -2.27. The van der Waals surface area contributed by atoms with E-state index in [-0.39, 0.29) is 17.5 Å². The molecule has 0 heterocycles. The lowest BCUT2D eigenvalue weighted by atomic mass is 9.86. The zero-order valence-electron chi connectivity index (χ0n) is 21.5. The van der Waals surface area contributed by atoms with Crippen LogP contribution in [0.15, 0.2) is 24.3 Å². The average Bonchev–Trinajstić information content (AvgIpc) is 2.57. The number of rotatable bonds is 7. The van der Waals surface area contributed by atoms with Gasteiger partial charge in [-0.2, -0.15) is 0 Å². The molecule has 3 nitrogen and oxygen atoms in total. The number of aryl methyl sites for hydroxylation is 6.